The van der Waals surface area contributed by atoms with Crippen LogP contribution in [0.1, 0.15) is 30.2 Å². The molecule has 2 aromatic heterocycles. The van der Waals surface area contributed by atoms with Gasteiger partial charge in [0, 0.05) is 16.8 Å². The smallest absolute Gasteiger partial charge is 0.144 e. The van der Waals surface area contributed by atoms with Crippen LogP contribution in [0.5, 0.6) is 0 Å². The minimum absolute atomic E-state index is 0.0431. The molecule has 1 aliphatic rings. The molecule has 3 N–H and O–H groups in total. The van der Waals surface area contributed by atoms with Crippen molar-refractivity contribution in [3.05, 3.63) is 58.7 Å². The van der Waals surface area contributed by atoms with Gasteiger partial charge in [-0.05, 0) is 26.3 Å². The maximum atomic E-state index is 4.77. The molecule has 0 amide bonds. The van der Waals surface area contributed by atoms with Gasteiger partial charge in [-0.25, -0.2) is 15.4 Å². The Bertz CT molecular complexity index is 765. The Hall–Kier alpha value is -2.18. The number of imidazole rings is 1. The van der Waals surface area contributed by atoms with Crippen LogP contribution in [0.25, 0.3) is 10.7 Å². The zero-order chi connectivity index (χ0) is 15.7. The second-order valence-electron chi connectivity index (χ2n) is 5.25. The summed E-state index contributed by atoms with van der Waals surface area (Å²) in [5, 5.41) is 3.02. The molecule has 0 aromatic carbocycles. The van der Waals surface area contributed by atoms with Crippen LogP contribution < -0.4 is 10.9 Å². The summed E-state index contributed by atoms with van der Waals surface area (Å²) in [4.78, 5) is 12.5. The molecule has 0 aliphatic carbocycles. The van der Waals surface area contributed by atoms with Gasteiger partial charge in [0.05, 0.1) is 11.7 Å². The van der Waals surface area contributed by atoms with Crippen molar-refractivity contribution in [2.24, 2.45) is 0 Å². The van der Waals surface area contributed by atoms with Gasteiger partial charge < -0.3 is 10.4 Å². The third-order valence-corrected chi connectivity index (χ3v) is 4.45. The standard InChI is InChI=1S/C16H19N5S/c1-5-6-7-12-9(2)20-21-15(12)13-8-22-16(19-13)14-10(3)17-11(4)18-14/h5-8,15,20-21H,1H2,2-4H3,(H,17,18)/b7-6-. The van der Waals surface area contributed by atoms with E-state index >= 15 is 0 Å². The SMILES string of the molecule is C=C/C=C\C1=C(C)NNC1c1csc(-c2nc(C)[nH]c2C)n1. The molecule has 0 radical (unpaired) electrons. The Kier molecular flexibility index (Phi) is 3.96. The normalized spacial score (nSPS) is 18.2. The number of hydrazine groups is 1. The predicted molar refractivity (Wildman–Crippen MR) is 90.2 cm³/mol. The van der Waals surface area contributed by atoms with E-state index in [2.05, 4.69) is 38.9 Å². The fourth-order valence-corrected chi connectivity index (χ4v) is 3.41. The summed E-state index contributed by atoms with van der Waals surface area (Å²) in [6, 6.07) is 0.0431. The lowest BCUT2D eigenvalue weighted by molar-refractivity contribution is 0.582. The number of nitrogens with zero attached hydrogens (tertiary/aromatic N) is 2. The molecule has 0 fully saturated rings. The van der Waals surface area contributed by atoms with E-state index < -0.39 is 0 Å². The molecular formula is C16H19N5S. The van der Waals surface area contributed by atoms with Crippen molar-refractivity contribution < 1.29 is 0 Å². The minimum atomic E-state index is 0.0431. The van der Waals surface area contributed by atoms with Crippen LogP contribution in [0.3, 0.4) is 0 Å². The van der Waals surface area contributed by atoms with Crippen molar-refractivity contribution in [1.29, 1.82) is 0 Å². The van der Waals surface area contributed by atoms with Crippen LogP contribution in [0.2, 0.25) is 0 Å². The van der Waals surface area contributed by atoms with Gasteiger partial charge in [0.25, 0.3) is 0 Å². The largest absolute Gasteiger partial charge is 0.346 e. The van der Waals surface area contributed by atoms with Gasteiger partial charge in [-0.1, -0.05) is 24.8 Å². The first-order valence-corrected chi connectivity index (χ1v) is 7.98. The van der Waals surface area contributed by atoms with Crippen LogP contribution in [-0.4, -0.2) is 15.0 Å². The van der Waals surface area contributed by atoms with Gasteiger partial charge >= 0.3 is 0 Å². The lowest BCUT2D eigenvalue weighted by Crippen LogP contribution is -2.26. The van der Waals surface area contributed by atoms with E-state index in [1.807, 2.05) is 26.8 Å². The zero-order valence-electron chi connectivity index (χ0n) is 12.9. The van der Waals surface area contributed by atoms with Crippen molar-refractivity contribution in [2.45, 2.75) is 26.8 Å². The molecule has 6 heteroatoms. The van der Waals surface area contributed by atoms with E-state index in [1.54, 1.807) is 17.4 Å². The third kappa shape index (κ3) is 2.63. The summed E-state index contributed by atoms with van der Waals surface area (Å²) >= 11 is 1.62. The van der Waals surface area contributed by atoms with E-state index in [0.717, 1.165) is 33.6 Å². The summed E-state index contributed by atoms with van der Waals surface area (Å²) < 4.78 is 0. The number of allylic oxidation sites excluding steroid dienone is 3. The first-order chi connectivity index (χ1) is 10.6. The summed E-state index contributed by atoms with van der Waals surface area (Å²) in [6.07, 6.45) is 5.77. The van der Waals surface area contributed by atoms with Gasteiger partial charge in [-0.2, -0.15) is 0 Å². The Labute approximate surface area is 133 Å². The summed E-state index contributed by atoms with van der Waals surface area (Å²) in [6.45, 7) is 9.75. The van der Waals surface area contributed by atoms with Crippen LogP contribution >= 0.6 is 11.3 Å². The Morgan fingerprint density at radius 2 is 2.09 bits per heavy atom. The molecule has 0 bridgehead atoms. The predicted octanol–water partition coefficient (Wildman–Crippen LogP) is 3.32. The van der Waals surface area contributed by atoms with Gasteiger partial charge in [-0.15, -0.1) is 11.3 Å². The first-order valence-electron chi connectivity index (χ1n) is 7.10. The van der Waals surface area contributed by atoms with Crippen LogP contribution in [0.4, 0.5) is 0 Å². The molecule has 0 saturated heterocycles. The maximum Gasteiger partial charge on any atom is 0.144 e. The van der Waals surface area contributed by atoms with Crippen molar-refractivity contribution in [1.82, 2.24) is 25.8 Å². The number of nitrogens with one attached hydrogen (secondary N) is 3. The van der Waals surface area contributed by atoms with Gasteiger partial charge in [0.1, 0.15) is 16.5 Å². The molecule has 22 heavy (non-hydrogen) atoms. The second-order valence-corrected chi connectivity index (χ2v) is 6.11. The minimum Gasteiger partial charge on any atom is -0.346 e. The molecule has 114 valence electrons. The number of hydrogen-bond donors (Lipinski definition) is 3. The molecule has 5 nitrogen and oxygen atoms in total. The lowest BCUT2D eigenvalue weighted by atomic mass is 10.0. The molecule has 3 heterocycles. The fourth-order valence-electron chi connectivity index (χ4n) is 2.52. The monoisotopic (exact) mass is 313 g/mol. The highest BCUT2D eigenvalue weighted by Crippen LogP contribution is 2.32. The number of thiazole rings is 1. The topological polar surface area (TPSA) is 65.6 Å². The first kappa shape index (κ1) is 14.7. The zero-order valence-corrected chi connectivity index (χ0v) is 13.7. The highest BCUT2D eigenvalue weighted by atomic mass is 32.1. The van der Waals surface area contributed by atoms with Gasteiger partial charge in [0.2, 0.25) is 0 Å². The fraction of sp³-hybridized carbons (Fsp3) is 0.250. The van der Waals surface area contributed by atoms with Crippen molar-refractivity contribution in [3.8, 4) is 10.7 Å². The van der Waals surface area contributed by atoms with Crippen LogP contribution in [-0.2, 0) is 0 Å². The Balaban J connectivity index is 1.92. The highest BCUT2D eigenvalue weighted by Gasteiger charge is 2.25. The molecule has 1 atom stereocenters. The number of hydrogen-bond acceptors (Lipinski definition) is 5. The van der Waals surface area contributed by atoms with E-state index in [9.17, 15) is 0 Å². The Morgan fingerprint density at radius 3 is 2.77 bits per heavy atom. The molecular weight excluding hydrogens is 294 g/mol. The molecule has 1 aliphatic heterocycles. The van der Waals surface area contributed by atoms with Crippen LogP contribution in [0.15, 0.2) is 41.5 Å². The molecule has 0 spiro atoms. The van der Waals surface area contributed by atoms with Crippen LogP contribution in [0, 0.1) is 13.8 Å². The third-order valence-electron chi connectivity index (χ3n) is 3.58. The summed E-state index contributed by atoms with van der Waals surface area (Å²) in [5.74, 6) is 0.912. The number of aromatic amines is 1. The van der Waals surface area contributed by atoms with E-state index in [0.29, 0.717) is 0 Å². The number of rotatable bonds is 4. The highest BCUT2D eigenvalue weighted by molar-refractivity contribution is 7.13. The summed E-state index contributed by atoms with van der Waals surface area (Å²) in [5.41, 5.74) is 11.7. The quantitative estimate of drug-likeness (QED) is 0.758. The average molecular weight is 313 g/mol. The molecule has 3 rings (SSSR count). The molecule has 0 saturated carbocycles. The molecule has 1 unspecified atom stereocenters. The van der Waals surface area contributed by atoms with E-state index in [4.69, 9.17) is 4.98 Å². The number of aryl methyl sites for hydroxylation is 2. The van der Waals surface area contributed by atoms with E-state index in [1.165, 1.54) is 5.57 Å². The summed E-state index contributed by atoms with van der Waals surface area (Å²) in [7, 11) is 0. The van der Waals surface area contributed by atoms with Crippen molar-refractivity contribution >= 4 is 11.3 Å². The average Bonchev–Trinajstić information content (AvgIpc) is 3.16. The molecule has 2 aromatic rings. The van der Waals surface area contributed by atoms with Gasteiger partial charge in [-0.3, -0.25) is 0 Å². The second kappa shape index (κ2) is 5.90. The van der Waals surface area contributed by atoms with E-state index in [-0.39, 0.29) is 6.04 Å². The van der Waals surface area contributed by atoms with Gasteiger partial charge in [0.15, 0.2) is 0 Å². The number of H-pyrrole nitrogens is 1. The lowest BCUT2D eigenvalue weighted by Gasteiger charge is -2.08. The van der Waals surface area contributed by atoms with Crippen molar-refractivity contribution in [3.63, 3.8) is 0 Å². The maximum absolute atomic E-state index is 4.77. The Morgan fingerprint density at radius 1 is 1.27 bits per heavy atom. The van der Waals surface area contributed by atoms with Crippen molar-refractivity contribution in [2.75, 3.05) is 0 Å². The number of aromatic nitrogens is 3.